The van der Waals surface area contributed by atoms with E-state index < -0.39 is 6.04 Å². The summed E-state index contributed by atoms with van der Waals surface area (Å²) in [5.41, 5.74) is 9.67. The molecular weight excluding hydrogens is 374 g/mol. The molecule has 0 radical (unpaired) electrons. The Bertz CT molecular complexity index is 896. The van der Waals surface area contributed by atoms with E-state index in [0.717, 1.165) is 25.7 Å². The summed E-state index contributed by atoms with van der Waals surface area (Å²) >= 11 is 0. The van der Waals surface area contributed by atoms with Crippen LogP contribution in [0.4, 0.5) is 0 Å². The number of nitrogens with two attached hydrogens (primary N) is 1. The van der Waals surface area contributed by atoms with Gasteiger partial charge in [-0.1, -0.05) is 60.7 Å². The summed E-state index contributed by atoms with van der Waals surface area (Å²) in [6.07, 6.45) is 7.01. The van der Waals surface area contributed by atoms with Crippen molar-refractivity contribution >= 4 is 11.8 Å². The van der Waals surface area contributed by atoms with Crippen molar-refractivity contribution in [2.24, 2.45) is 11.7 Å². The fourth-order valence-corrected chi connectivity index (χ4v) is 3.92. The van der Waals surface area contributed by atoms with Crippen LogP contribution in [-0.2, 0) is 29.1 Å². The standard InChI is InChI=1S/C25H29N3O2/c26-24(19-11-12-19)25(30)27-22(13-10-18-6-2-1-3-7-18)14-15-23(29)28-16-20-8-4-5-9-21(20)17-28/h1-9,14-15,19,22,24H,10-13,16-17,26H2,(H,27,30)/t22-,24-/m0/s1. The van der Waals surface area contributed by atoms with Gasteiger partial charge in [-0.25, -0.2) is 0 Å². The molecule has 3 N–H and O–H groups in total. The summed E-state index contributed by atoms with van der Waals surface area (Å²) in [5, 5.41) is 3.05. The number of hydrogen-bond acceptors (Lipinski definition) is 3. The lowest BCUT2D eigenvalue weighted by Gasteiger charge is -2.19. The minimum absolute atomic E-state index is 0.0309. The van der Waals surface area contributed by atoms with Gasteiger partial charge in [-0.05, 0) is 48.3 Å². The number of rotatable bonds is 8. The molecule has 0 unspecified atom stereocenters. The van der Waals surface area contributed by atoms with E-state index >= 15 is 0 Å². The lowest BCUT2D eigenvalue weighted by molar-refractivity contribution is -0.127. The minimum Gasteiger partial charge on any atom is -0.349 e. The van der Waals surface area contributed by atoms with Gasteiger partial charge in [-0.2, -0.15) is 0 Å². The maximum atomic E-state index is 12.7. The molecule has 1 aliphatic heterocycles. The van der Waals surface area contributed by atoms with E-state index in [1.165, 1.54) is 16.7 Å². The van der Waals surface area contributed by atoms with Gasteiger partial charge in [0.2, 0.25) is 11.8 Å². The van der Waals surface area contributed by atoms with Crippen molar-refractivity contribution in [3.63, 3.8) is 0 Å². The molecule has 5 heteroatoms. The third-order valence-electron chi connectivity index (χ3n) is 5.97. The van der Waals surface area contributed by atoms with E-state index in [0.29, 0.717) is 19.0 Å². The van der Waals surface area contributed by atoms with Gasteiger partial charge in [0.1, 0.15) is 0 Å². The normalized spacial score (nSPS) is 17.6. The molecule has 0 spiro atoms. The first-order chi connectivity index (χ1) is 14.6. The molecule has 0 bridgehead atoms. The van der Waals surface area contributed by atoms with Gasteiger partial charge in [0.25, 0.3) is 0 Å². The second-order valence-corrected chi connectivity index (χ2v) is 8.32. The van der Waals surface area contributed by atoms with E-state index in [-0.39, 0.29) is 17.9 Å². The van der Waals surface area contributed by atoms with E-state index in [2.05, 4.69) is 29.6 Å². The summed E-state index contributed by atoms with van der Waals surface area (Å²) < 4.78 is 0. The molecule has 30 heavy (non-hydrogen) atoms. The number of nitrogens with one attached hydrogen (secondary N) is 1. The van der Waals surface area contributed by atoms with E-state index in [9.17, 15) is 9.59 Å². The molecule has 2 aliphatic rings. The molecule has 2 amide bonds. The molecule has 2 atom stereocenters. The third kappa shape index (κ3) is 5.16. The zero-order valence-corrected chi connectivity index (χ0v) is 17.2. The van der Waals surface area contributed by atoms with E-state index in [4.69, 9.17) is 5.73 Å². The van der Waals surface area contributed by atoms with Crippen LogP contribution in [0.1, 0.15) is 36.0 Å². The molecule has 0 aromatic heterocycles. The highest BCUT2D eigenvalue weighted by molar-refractivity contribution is 5.88. The number of hydrogen-bond donors (Lipinski definition) is 2. The summed E-state index contributed by atoms with van der Waals surface area (Å²) in [4.78, 5) is 27.1. The van der Waals surface area contributed by atoms with Crippen LogP contribution in [0.3, 0.4) is 0 Å². The quantitative estimate of drug-likeness (QED) is 0.666. The molecule has 1 saturated carbocycles. The van der Waals surface area contributed by atoms with Gasteiger partial charge >= 0.3 is 0 Å². The zero-order valence-electron chi connectivity index (χ0n) is 17.2. The van der Waals surface area contributed by atoms with Crippen molar-refractivity contribution < 1.29 is 9.59 Å². The van der Waals surface area contributed by atoms with E-state index in [1.807, 2.05) is 41.3 Å². The van der Waals surface area contributed by atoms with E-state index in [1.54, 1.807) is 6.08 Å². The Balaban J connectivity index is 1.39. The van der Waals surface area contributed by atoms with Crippen molar-refractivity contribution in [1.29, 1.82) is 0 Å². The monoisotopic (exact) mass is 403 g/mol. The number of aryl methyl sites for hydroxylation is 1. The number of carbonyl (C=O) groups is 2. The largest absolute Gasteiger partial charge is 0.349 e. The summed E-state index contributed by atoms with van der Waals surface area (Å²) in [6.45, 7) is 1.26. The van der Waals surface area contributed by atoms with Crippen LogP contribution in [0, 0.1) is 5.92 Å². The second-order valence-electron chi connectivity index (χ2n) is 8.32. The highest BCUT2D eigenvalue weighted by Crippen LogP contribution is 2.31. The second kappa shape index (κ2) is 9.26. The van der Waals surface area contributed by atoms with Crippen LogP contribution in [-0.4, -0.2) is 28.8 Å². The maximum absolute atomic E-state index is 12.7. The molecule has 1 fully saturated rings. The van der Waals surface area contributed by atoms with Crippen molar-refractivity contribution in [3.8, 4) is 0 Å². The lowest BCUT2D eigenvalue weighted by Crippen LogP contribution is -2.46. The molecule has 4 rings (SSSR count). The van der Waals surface area contributed by atoms with Crippen LogP contribution in [0.15, 0.2) is 66.7 Å². The van der Waals surface area contributed by atoms with Gasteiger partial charge < -0.3 is 16.0 Å². The van der Waals surface area contributed by atoms with Gasteiger partial charge in [-0.15, -0.1) is 0 Å². The molecule has 2 aromatic carbocycles. The van der Waals surface area contributed by atoms with Gasteiger partial charge in [0.15, 0.2) is 0 Å². The predicted molar refractivity (Wildman–Crippen MR) is 117 cm³/mol. The molecule has 0 saturated heterocycles. The molecule has 156 valence electrons. The number of fused-ring (bicyclic) bond motifs is 1. The molecular formula is C25H29N3O2. The number of benzene rings is 2. The van der Waals surface area contributed by atoms with Gasteiger partial charge in [0, 0.05) is 25.2 Å². The Morgan fingerprint density at radius 3 is 2.30 bits per heavy atom. The Hall–Kier alpha value is -2.92. The van der Waals surface area contributed by atoms with Gasteiger partial charge in [-0.3, -0.25) is 9.59 Å². The third-order valence-corrected chi connectivity index (χ3v) is 5.97. The highest BCUT2D eigenvalue weighted by Gasteiger charge is 2.33. The fourth-order valence-electron chi connectivity index (χ4n) is 3.92. The first-order valence-corrected chi connectivity index (χ1v) is 10.7. The number of carbonyl (C=O) groups excluding carboxylic acids is 2. The first kappa shape index (κ1) is 20.4. The molecule has 1 aliphatic carbocycles. The first-order valence-electron chi connectivity index (χ1n) is 10.7. The Morgan fingerprint density at radius 1 is 1.03 bits per heavy atom. The Kier molecular flexibility index (Phi) is 6.29. The van der Waals surface area contributed by atoms with Gasteiger partial charge in [0.05, 0.1) is 6.04 Å². The average molecular weight is 404 g/mol. The Labute approximate surface area is 178 Å². The number of amides is 2. The Morgan fingerprint density at radius 2 is 1.67 bits per heavy atom. The summed E-state index contributed by atoms with van der Waals surface area (Å²) in [5.74, 6) is 0.145. The minimum atomic E-state index is -0.457. The number of nitrogens with zero attached hydrogens (tertiary/aromatic N) is 1. The average Bonchev–Trinajstić information content (AvgIpc) is 3.53. The highest BCUT2D eigenvalue weighted by atomic mass is 16.2. The molecule has 2 aromatic rings. The maximum Gasteiger partial charge on any atom is 0.246 e. The van der Waals surface area contributed by atoms with Crippen molar-refractivity contribution in [2.45, 2.75) is 50.9 Å². The predicted octanol–water partition coefficient (Wildman–Crippen LogP) is 2.94. The summed E-state index contributed by atoms with van der Waals surface area (Å²) in [6, 6.07) is 17.6. The van der Waals surface area contributed by atoms with Crippen LogP contribution in [0.25, 0.3) is 0 Å². The smallest absolute Gasteiger partial charge is 0.246 e. The topological polar surface area (TPSA) is 75.4 Å². The SMILES string of the molecule is N[C@H](C(=O)N[C@H](C=CC(=O)N1Cc2ccccc2C1)CCc1ccccc1)C1CC1. The molecule has 1 heterocycles. The van der Waals surface area contributed by atoms with Crippen LogP contribution in [0.2, 0.25) is 0 Å². The molecule has 5 nitrogen and oxygen atoms in total. The van der Waals surface area contributed by atoms with Crippen molar-refractivity contribution in [1.82, 2.24) is 10.2 Å². The fraction of sp³-hybridized carbons (Fsp3) is 0.360. The van der Waals surface area contributed by atoms with Crippen LogP contribution < -0.4 is 11.1 Å². The van der Waals surface area contributed by atoms with Crippen LogP contribution >= 0.6 is 0 Å². The van der Waals surface area contributed by atoms with Crippen molar-refractivity contribution in [3.05, 3.63) is 83.4 Å². The van der Waals surface area contributed by atoms with Crippen molar-refractivity contribution in [2.75, 3.05) is 0 Å². The lowest BCUT2D eigenvalue weighted by atomic mass is 10.0. The zero-order chi connectivity index (χ0) is 20.9. The summed E-state index contributed by atoms with van der Waals surface area (Å²) in [7, 11) is 0. The van der Waals surface area contributed by atoms with Crippen LogP contribution in [0.5, 0.6) is 0 Å².